The number of carbonyl (C=O) groups excluding carboxylic acids is 5. The molecule has 7 N–H and O–H groups in total. The lowest BCUT2D eigenvalue weighted by molar-refractivity contribution is -0.143. The fourth-order valence-corrected chi connectivity index (χ4v) is 5.70. The summed E-state index contributed by atoms with van der Waals surface area (Å²) in [5, 5.41) is 26.4. The molecule has 2 aromatic rings. The van der Waals surface area contributed by atoms with E-state index in [-0.39, 0.29) is 24.7 Å². The molecule has 5 atom stereocenters. The highest BCUT2D eigenvalue weighted by molar-refractivity contribution is 5.96. The normalized spacial score (nSPS) is 18.1. The topological polar surface area (TPSA) is 223 Å². The van der Waals surface area contributed by atoms with Crippen molar-refractivity contribution in [2.75, 3.05) is 25.1 Å². The van der Waals surface area contributed by atoms with Gasteiger partial charge in [-0.15, -0.1) is 0 Å². The molecule has 4 rings (SSSR count). The Bertz CT molecular complexity index is 1640. The highest BCUT2D eigenvalue weighted by Gasteiger charge is 2.33. The zero-order valence-electron chi connectivity index (χ0n) is 34.1. The maximum atomic E-state index is 14.2. The third-order valence-corrected chi connectivity index (χ3v) is 9.08. The fraction of sp³-hybridized carbons (Fsp3) is 0.561. The van der Waals surface area contributed by atoms with Crippen molar-refractivity contribution in [3.05, 3.63) is 54.1 Å². The number of amides is 5. The molecule has 0 radical (unpaired) electrons. The molecule has 5 amide bonds. The minimum absolute atomic E-state index is 0.0227. The maximum Gasteiger partial charge on any atom is 0.407 e. The molecule has 0 saturated carbocycles. The van der Waals surface area contributed by atoms with Gasteiger partial charge < -0.3 is 51.2 Å². The van der Waals surface area contributed by atoms with E-state index in [0.29, 0.717) is 68.2 Å². The van der Waals surface area contributed by atoms with E-state index in [4.69, 9.17) is 14.2 Å². The molecule has 0 aliphatic carbocycles. The van der Waals surface area contributed by atoms with E-state index in [1.165, 1.54) is 0 Å². The van der Waals surface area contributed by atoms with Gasteiger partial charge in [-0.25, -0.2) is 9.59 Å². The predicted molar refractivity (Wildman–Crippen MR) is 214 cm³/mol. The molecule has 314 valence electrons. The molecule has 16 nitrogen and oxygen atoms in total. The summed E-state index contributed by atoms with van der Waals surface area (Å²) in [7, 11) is 0. The molecule has 1 unspecified atom stereocenters. The van der Waals surface area contributed by atoms with Crippen molar-refractivity contribution in [3.8, 4) is 11.5 Å². The summed E-state index contributed by atoms with van der Waals surface area (Å²) in [6, 6.07) is 10.2. The molecular weight excluding hydrogens is 736 g/mol. The van der Waals surface area contributed by atoms with Gasteiger partial charge in [0.05, 0.1) is 13.2 Å². The molecular formula is C41H60N6O10. The van der Waals surface area contributed by atoms with E-state index in [1.807, 2.05) is 0 Å². The Morgan fingerprint density at radius 1 is 0.947 bits per heavy atom. The lowest BCUT2D eigenvalue weighted by Gasteiger charge is -2.28. The van der Waals surface area contributed by atoms with Gasteiger partial charge in [0.15, 0.2) is 6.17 Å². The number of carboxylic acid groups (broad SMARTS) is 1. The van der Waals surface area contributed by atoms with Gasteiger partial charge in [0.25, 0.3) is 5.91 Å². The molecule has 0 spiro atoms. The predicted octanol–water partition coefficient (Wildman–Crippen LogP) is 3.88. The quantitative estimate of drug-likeness (QED) is 0.101. The first-order chi connectivity index (χ1) is 26.9. The fourth-order valence-electron chi connectivity index (χ4n) is 5.70. The Morgan fingerprint density at radius 2 is 1.63 bits per heavy atom. The van der Waals surface area contributed by atoms with Gasteiger partial charge in [0, 0.05) is 25.1 Å². The number of fused-ring (bicyclic) bond motifs is 13. The van der Waals surface area contributed by atoms with Gasteiger partial charge in [0.1, 0.15) is 35.2 Å². The lowest BCUT2D eigenvalue weighted by atomic mass is 9.99. The SMILES string of the molecule is CC[C@H](C)[C@H](NC(=O)C(NC(=O)[C@@H]1Cc2ccc(cc2)OCCCCC(=O)N[C@@H](C(C)C)C(=O)N1)Nc1ccc(OCCCNC(=O)OC(C)(C)C)cc1)C(=O)O. The first-order valence-corrected chi connectivity index (χ1v) is 19.6. The number of hydrogen-bond donors (Lipinski definition) is 7. The molecule has 0 saturated heterocycles. The van der Waals surface area contributed by atoms with Crippen molar-refractivity contribution in [2.24, 2.45) is 11.8 Å². The third kappa shape index (κ3) is 16.2. The summed E-state index contributed by atoms with van der Waals surface area (Å²) in [4.78, 5) is 78.5. The van der Waals surface area contributed by atoms with Gasteiger partial charge in [-0.05, 0) is 93.8 Å². The number of anilines is 1. The minimum Gasteiger partial charge on any atom is -0.494 e. The average Bonchev–Trinajstić information content (AvgIpc) is 3.14. The second kappa shape index (κ2) is 22.3. The van der Waals surface area contributed by atoms with E-state index >= 15 is 0 Å². The minimum atomic E-state index is -1.48. The van der Waals surface area contributed by atoms with Gasteiger partial charge in [0.2, 0.25) is 17.7 Å². The summed E-state index contributed by atoms with van der Waals surface area (Å²) in [5.74, 6) is -3.28. The number of carbonyl (C=O) groups is 6. The Labute approximate surface area is 334 Å². The molecule has 2 aromatic carbocycles. The Kier molecular flexibility index (Phi) is 17.9. The summed E-state index contributed by atoms with van der Waals surface area (Å²) >= 11 is 0. The van der Waals surface area contributed by atoms with Crippen molar-refractivity contribution in [2.45, 2.75) is 117 Å². The molecule has 0 fully saturated rings. The van der Waals surface area contributed by atoms with Crippen LogP contribution in [-0.2, 0) is 35.1 Å². The van der Waals surface area contributed by atoms with Gasteiger partial charge >= 0.3 is 12.1 Å². The average molecular weight is 797 g/mol. The first-order valence-electron chi connectivity index (χ1n) is 19.6. The highest BCUT2D eigenvalue weighted by Crippen LogP contribution is 2.19. The summed E-state index contributed by atoms with van der Waals surface area (Å²) in [6.45, 7) is 13.4. The van der Waals surface area contributed by atoms with Crippen molar-refractivity contribution in [1.29, 1.82) is 0 Å². The van der Waals surface area contributed by atoms with Crippen LogP contribution in [0.15, 0.2) is 48.5 Å². The second-order valence-electron chi connectivity index (χ2n) is 15.5. The third-order valence-electron chi connectivity index (χ3n) is 9.08. The number of carboxylic acids is 1. The van der Waals surface area contributed by atoms with Crippen LogP contribution in [-0.4, -0.2) is 90.4 Å². The molecule has 2 aliphatic heterocycles. The van der Waals surface area contributed by atoms with Crippen LogP contribution in [0.3, 0.4) is 0 Å². The highest BCUT2D eigenvalue weighted by atomic mass is 16.6. The second-order valence-corrected chi connectivity index (χ2v) is 15.5. The number of hydrogen-bond acceptors (Lipinski definition) is 10. The van der Waals surface area contributed by atoms with Crippen LogP contribution < -0.4 is 41.4 Å². The van der Waals surface area contributed by atoms with Crippen LogP contribution in [0.1, 0.15) is 86.1 Å². The number of aliphatic carboxylic acids is 1. The van der Waals surface area contributed by atoms with Crippen LogP contribution in [0.25, 0.3) is 0 Å². The van der Waals surface area contributed by atoms with Crippen molar-refractivity contribution in [3.63, 3.8) is 0 Å². The summed E-state index contributed by atoms with van der Waals surface area (Å²) in [6.07, 6.45) is 0.395. The maximum absolute atomic E-state index is 14.2. The van der Waals surface area contributed by atoms with E-state index in [0.717, 1.165) is 0 Å². The Morgan fingerprint density at radius 3 is 2.25 bits per heavy atom. The van der Waals surface area contributed by atoms with Crippen molar-refractivity contribution in [1.82, 2.24) is 26.6 Å². The van der Waals surface area contributed by atoms with Gasteiger partial charge in [-0.3, -0.25) is 19.2 Å². The molecule has 2 heterocycles. The van der Waals surface area contributed by atoms with Crippen LogP contribution >= 0.6 is 0 Å². The number of nitrogens with one attached hydrogen (secondary N) is 6. The Hall–Kier alpha value is -5.54. The van der Waals surface area contributed by atoms with E-state index < -0.39 is 65.6 Å². The first kappa shape index (κ1) is 45.8. The molecule has 16 heteroatoms. The zero-order chi connectivity index (χ0) is 42.1. The van der Waals surface area contributed by atoms with Crippen LogP contribution in [0, 0.1) is 11.8 Å². The lowest BCUT2D eigenvalue weighted by Crippen LogP contribution is -2.61. The van der Waals surface area contributed by atoms with Crippen molar-refractivity contribution >= 4 is 41.4 Å². The summed E-state index contributed by atoms with van der Waals surface area (Å²) in [5.41, 5.74) is 0.477. The number of ether oxygens (including phenoxy) is 3. The largest absolute Gasteiger partial charge is 0.494 e. The van der Waals surface area contributed by atoms with E-state index in [1.54, 1.807) is 97.0 Å². The number of alkyl carbamates (subject to hydrolysis) is 1. The Balaban J connectivity index is 1.83. The molecule has 2 aliphatic rings. The van der Waals surface area contributed by atoms with E-state index in [9.17, 15) is 33.9 Å². The standard InChI is InChI=1S/C41H60N6O10/c1-8-26(4)34(39(52)53)46-38(51)35(43-28-15-19-30(20-16-28)56-23-11-21-42-40(54)57-41(5,6)7)47-36(49)31-24-27-13-17-29(18-14-27)55-22-10-9-12-32(48)45-33(25(2)3)37(50)44-31/h13-20,25-26,31,33-35,43H,8-12,21-24H2,1-7H3,(H,42,54)(H,44,50)(H,45,48)(H,46,51)(H,47,49)(H,52,53)/t26-,31-,33-,34-,35?/m0/s1. The zero-order valence-corrected chi connectivity index (χ0v) is 34.1. The molecule has 2 bridgehead atoms. The van der Waals surface area contributed by atoms with Crippen molar-refractivity contribution < 1.29 is 48.1 Å². The molecule has 0 aromatic heterocycles. The van der Waals surface area contributed by atoms with Gasteiger partial charge in [-0.1, -0.05) is 46.2 Å². The number of rotatable bonds is 15. The smallest absolute Gasteiger partial charge is 0.407 e. The van der Waals surface area contributed by atoms with Crippen LogP contribution in [0.5, 0.6) is 11.5 Å². The number of benzene rings is 2. The molecule has 57 heavy (non-hydrogen) atoms. The monoisotopic (exact) mass is 796 g/mol. The van der Waals surface area contributed by atoms with Crippen LogP contribution in [0.2, 0.25) is 0 Å². The van der Waals surface area contributed by atoms with Gasteiger partial charge in [-0.2, -0.15) is 0 Å². The van der Waals surface area contributed by atoms with Crippen LogP contribution in [0.4, 0.5) is 10.5 Å². The van der Waals surface area contributed by atoms with E-state index in [2.05, 4.69) is 31.9 Å². The summed E-state index contributed by atoms with van der Waals surface area (Å²) < 4.78 is 16.8.